The molecular weight excluding hydrogens is 449 g/mol. The van der Waals surface area contributed by atoms with E-state index in [-0.39, 0.29) is 17.8 Å². The number of ether oxygens (including phenoxy) is 2. The van der Waals surface area contributed by atoms with Gasteiger partial charge in [0.2, 0.25) is 0 Å². The average Bonchev–Trinajstić information content (AvgIpc) is 3.38. The smallest absolute Gasteiger partial charge is 0.264 e. The molecule has 34 heavy (non-hydrogen) atoms. The summed E-state index contributed by atoms with van der Waals surface area (Å²) < 4.78 is 25.0. The van der Waals surface area contributed by atoms with Crippen molar-refractivity contribution >= 4 is 17.2 Å². The van der Waals surface area contributed by atoms with Crippen molar-refractivity contribution in [2.75, 3.05) is 19.8 Å². The minimum absolute atomic E-state index is 0.0161. The molecule has 0 spiro atoms. The Morgan fingerprint density at radius 1 is 0.912 bits per heavy atom. The monoisotopic (exact) mass is 471 g/mol. The molecule has 1 amide bonds. The van der Waals surface area contributed by atoms with E-state index in [9.17, 15) is 9.18 Å². The van der Waals surface area contributed by atoms with Gasteiger partial charge in [-0.15, -0.1) is 11.3 Å². The zero-order chi connectivity index (χ0) is 23.1. The molecule has 2 aliphatic rings. The van der Waals surface area contributed by atoms with Crippen molar-refractivity contribution in [2.45, 2.75) is 12.5 Å². The highest BCUT2D eigenvalue weighted by Gasteiger charge is 2.33. The van der Waals surface area contributed by atoms with Gasteiger partial charge in [-0.3, -0.25) is 4.79 Å². The van der Waals surface area contributed by atoms with E-state index in [2.05, 4.69) is 12.1 Å². The number of amides is 1. The van der Waals surface area contributed by atoms with E-state index in [1.165, 1.54) is 29.0 Å². The van der Waals surface area contributed by atoms with Crippen molar-refractivity contribution in [3.63, 3.8) is 0 Å². The Balaban J connectivity index is 1.34. The van der Waals surface area contributed by atoms with Crippen molar-refractivity contribution in [2.24, 2.45) is 0 Å². The zero-order valence-electron chi connectivity index (χ0n) is 18.4. The van der Waals surface area contributed by atoms with Crippen molar-refractivity contribution in [1.29, 1.82) is 0 Å². The second kappa shape index (κ2) is 8.61. The molecule has 0 N–H and O–H groups in total. The fourth-order valence-electron chi connectivity index (χ4n) is 4.74. The Labute approximate surface area is 201 Å². The third kappa shape index (κ3) is 3.74. The number of hydrogen-bond acceptors (Lipinski definition) is 4. The molecule has 2 aliphatic heterocycles. The first-order chi connectivity index (χ1) is 16.7. The van der Waals surface area contributed by atoms with Crippen molar-refractivity contribution in [3.8, 4) is 21.9 Å². The summed E-state index contributed by atoms with van der Waals surface area (Å²) in [5.41, 5.74) is 4.22. The third-order valence-corrected chi connectivity index (χ3v) is 7.50. The molecule has 1 atom stereocenters. The molecule has 0 unspecified atom stereocenters. The number of nitrogens with zero attached hydrogens (tertiary/aromatic N) is 1. The van der Waals surface area contributed by atoms with Crippen LogP contribution in [0.15, 0.2) is 78.9 Å². The molecule has 0 bridgehead atoms. The number of halogens is 1. The third-order valence-electron chi connectivity index (χ3n) is 6.37. The van der Waals surface area contributed by atoms with Crippen LogP contribution >= 0.6 is 11.3 Å². The number of hydrogen-bond donors (Lipinski definition) is 0. The van der Waals surface area contributed by atoms with E-state index in [0.717, 1.165) is 39.5 Å². The van der Waals surface area contributed by atoms with E-state index in [1.807, 2.05) is 47.4 Å². The molecule has 6 heteroatoms. The van der Waals surface area contributed by atoms with Crippen LogP contribution in [0.3, 0.4) is 0 Å². The van der Waals surface area contributed by atoms with Crippen molar-refractivity contribution in [3.05, 3.63) is 106 Å². The number of fused-ring (bicyclic) bond motifs is 2. The summed E-state index contributed by atoms with van der Waals surface area (Å²) >= 11 is 1.47. The van der Waals surface area contributed by atoms with Crippen LogP contribution in [0.2, 0.25) is 0 Å². The number of thiophene rings is 1. The van der Waals surface area contributed by atoms with Crippen molar-refractivity contribution in [1.82, 2.24) is 4.90 Å². The van der Waals surface area contributed by atoms with Gasteiger partial charge in [0.05, 0.1) is 10.9 Å². The minimum Gasteiger partial charge on any atom is -0.486 e. The van der Waals surface area contributed by atoms with Crippen LogP contribution < -0.4 is 9.47 Å². The summed E-state index contributed by atoms with van der Waals surface area (Å²) in [4.78, 5) is 17.3. The Morgan fingerprint density at radius 3 is 2.56 bits per heavy atom. The summed E-state index contributed by atoms with van der Waals surface area (Å²) in [7, 11) is 0. The number of carbonyl (C=O) groups is 1. The van der Waals surface area contributed by atoms with Crippen LogP contribution in [-0.2, 0) is 6.42 Å². The SMILES string of the molecule is O=C(c1ccc(-c2ccc3c(c2)OCCO3)s1)N1CCc2ccccc2[C@@H]1c1ccc(F)cc1. The molecule has 0 fully saturated rings. The fraction of sp³-hybridized carbons (Fsp3) is 0.179. The molecular formula is C28H22FNO3S. The Bertz CT molecular complexity index is 1360. The van der Waals surface area contributed by atoms with Crippen LogP contribution in [-0.4, -0.2) is 30.6 Å². The normalized spacial score (nSPS) is 16.7. The second-order valence-electron chi connectivity index (χ2n) is 8.42. The average molecular weight is 472 g/mol. The molecule has 3 aromatic carbocycles. The van der Waals surface area contributed by atoms with Gasteiger partial charge < -0.3 is 14.4 Å². The van der Waals surface area contributed by atoms with Gasteiger partial charge in [0.1, 0.15) is 19.0 Å². The van der Waals surface area contributed by atoms with Gasteiger partial charge in [0.25, 0.3) is 5.91 Å². The van der Waals surface area contributed by atoms with E-state index in [0.29, 0.717) is 24.6 Å². The molecule has 3 heterocycles. The number of carbonyl (C=O) groups excluding carboxylic acids is 1. The fourth-order valence-corrected chi connectivity index (χ4v) is 5.69. The summed E-state index contributed by atoms with van der Waals surface area (Å²) in [5.74, 6) is 1.18. The lowest BCUT2D eigenvalue weighted by atomic mass is 9.88. The lowest BCUT2D eigenvalue weighted by molar-refractivity contribution is 0.0699. The van der Waals surface area contributed by atoms with Gasteiger partial charge in [0, 0.05) is 11.4 Å². The van der Waals surface area contributed by atoms with Crippen molar-refractivity contribution < 1.29 is 18.7 Å². The largest absolute Gasteiger partial charge is 0.486 e. The second-order valence-corrected chi connectivity index (χ2v) is 9.51. The molecule has 4 aromatic rings. The molecule has 0 aliphatic carbocycles. The standard InChI is InChI=1S/C28H22FNO3S/c29-21-8-5-19(6-9-21)27-22-4-2-1-3-18(22)13-14-30(27)28(31)26-12-11-25(34-26)20-7-10-23-24(17-20)33-16-15-32-23/h1-12,17,27H,13-16H2/t27-/m0/s1. The first-order valence-corrected chi connectivity index (χ1v) is 12.1. The number of benzene rings is 3. The number of rotatable bonds is 3. The van der Waals surface area contributed by atoms with Gasteiger partial charge in [-0.2, -0.15) is 0 Å². The lowest BCUT2D eigenvalue weighted by Gasteiger charge is -2.37. The van der Waals surface area contributed by atoms with Gasteiger partial charge in [0.15, 0.2) is 11.5 Å². The highest BCUT2D eigenvalue weighted by atomic mass is 32.1. The molecule has 0 radical (unpaired) electrons. The Kier molecular flexibility index (Phi) is 5.30. The van der Waals surface area contributed by atoms with Crippen LogP contribution in [0.4, 0.5) is 4.39 Å². The quantitative estimate of drug-likeness (QED) is 0.362. The van der Waals surface area contributed by atoms with Gasteiger partial charge >= 0.3 is 0 Å². The Morgan fingerprint density at radius 2 is 1.71 bits per heavy atom. The lowest BCUT2D eigenvalue weighted by Crippen LogP contribution is -2.40. The van der Waals surface area contributed by atoms with Crippen LogP contribution in [0, 0.1) is 5.82 Å². The maximum absolute atomic E-state index is 13.8. The summed E-state index contributed by atoms with van der Waals surface area (Å²) in [6.45, 7) is 1.69. The summed E-state index contributed by atoms with van der Waals surface area (Å²) in [5, 5.41) is 0. The Hall–Kier alpha value is -3.64. The highest BCUT2D eigenvalue weighted by Crippen LogP contribution is 2.39. The van der Waals surface area contributed by atoms with Gasteiger partial charge in [-0.05, 0) is 71.1 Å². The summed E-state index contributed by atoms with van der Waals surface area (Å²) in [6, 6.07) is 24.2. The zero-order valence-corrected chi connectivity index (χ0v) is 19.2. The first kappa shape index (κ1) is 20.9. The van der Waals surface area contributed by atoms with Gasteiger partial charge in [-0.1, -0.05) is 36.4 Å². The van der Waals surface area contributed by atoms with Gasteiger partial charge in [-0.25, -0.2) is 4.39 Å². The molecule has 0 saturated heterocycles. The predicted octanol–water partition coefficient (Wildman–Crippen LogP) is 6.11. The first-order valence-electron chi connectivity index (χ1n) is 11.3. The maximum Gasteiger partial charge on any atom is 0.264 e. The predicted molar refractivity (Wildman–Crippen MR) is 130 cm³/mol. The molecule has 170 valence electrons. The molecule has 1 aromatic heterocycles. The van der Waals surface area contributed by atoms with E-state index in [4.69, 9.17) is 9.47 Å². The maximum atomic E-state index is 13.8. The van der Waals surface area contributed by atoms with Crippen LogP contribution in [0.1, 0.15) is 32.4 Å². The highest BCUT2D eigenvalue weighted by molar-refractivity contribution is 7.17. The molecule has 0 saturated carbocycles. The van der Waals surface area contributed by atoms with Crippen LogP contribution in [0.25, 0.3) is 10.4 Å². The molecule has 4 nitrogen and oxygen atoms in total. The van der Waals surface area contributed by atoms with E-state index in [1.54, 1.807) is 12.1 Å². The minimum atomic E-state index is -0.284. The molecule has 6 rings (SSSR count). The topological polar surface area (TPSA) is 38.8 Å². The van der Waals surface area contributed by atoms with Crippen LogP contribution in [0.5, 0.6) is 11.5 Å². The van der Waals surface area contributed by atoms with E-state index >= 15 is 0 Å². The van der Waals surface area contributed by atoms with E-state index < -0.39 is 0 Å². The summed E-state index contributed by atoms with van der Waals surface area (Å²) in [6.07, 6.45) is 0.792.